The minimum Gasteiger partial charge on any atom is -0.357 e. The second-order valence-corrected chi connectivity index (χ2v) is 7.54. The Morgan fingerprint density at radius 1 is 0.962 bits per heavy atom. The van der Waals surface area contributed by atoms with Gasteiger partial charge in [-0.2, -0.15) is 0 Å². The monoisotopic (exact) mass is 351 g/mol. The van der Waals surface area contributed by atoms with E-state index in [-0.39, 0.29) is 0 Å². The Balaban J connectivity index is 1.43. The lowest BCUT2D eigenvalue weighted by atomic mass is 10.1. The van der Waals surface area contributed by atoms with Crippen molar-refractivity contribution in [3.8, 4) is 0 Å². The van der Waals surface area contributed by atoms with Crippen LogP contribution in [-0.4, -0.2) is 24.7 Å². The van der Waals surface area contributed by atoms with Crippen molar-refractivity contribution in [3.63, 3.8) is 0 Å². The molecule has 0 unspecified atom stereocenters. The van der Waals surface area contributed by atoms with Crippen LogP contribution < -0.4 is 9.96 Å². The molecule has 1 aromatic heterocycles. The molecular weight excluding hydrogens is 322 g/mol. The summed E-state index contributed by atoms with van der Waals surface area (Å²) in [4.78, 5) is 13.3. The fraction of sp³-hybridized carbons (Fsp3) is 0.500. The predicted molar refractivity (Wildman–Crippen MR) is 106 cm³/mol. The lowest BCUT2D eigenvalue weighted by Gasteiger charge is -2.26. The normalized spacial score (nSPS) is 17.8. The number of pyridine rings is 1. The van der Waals surface area contributed by atoms with E-state index in [0.717, 1.165) is 37.7 Å². The first-order chi connectivity index (χ1) is 12.9. The summed E-state index contributed by atoms with van der Waals surface area (Å²) in [6.45, 7) is 3.80. The maximum absolute atomic E-state index is 6.24. The van der Waals surface area contributed by atoms with Crippen LogP contribution in [0.5, 0.6) is 0 Å². The summed E-state index contributed by atoms with van der Waals surface area (Å²) in [6.07, 6.45) is 9.86. The Labute approximate surface area is 156 Å². The van der Waals surface area contributed by atoms with Gasteiger partial charge in [0.15, 0.2) is 0 Å². The van der Waals surface area contributed by atoms with Crippen molar-refractivity contribution in [3.05, 3.63) is 54.2 Å². The average molecular weight is 351 g/mol. The van der Waals surface area contributed by atoms with Gasteiger partial charge in [-0.25, -0.2) is 10.0 Å². The third kappa shape index (κ3) is 4.36. The molecule has 0 atom stereocenters. The fourth-order valence-corrected chi connectivity index (χ4v) is 3.99. The summed E-state index contributed by atoms with van der Waals surface area (Å²) < 4.78 is 0. The van der Waals surface area contributed by atoms with Crippen LogP contribution in [0.3, 0.4) is 0 Å². The van der Waals surface area contributed by atoms with Crippen LogP contribution in [0.15, 0.2) is 48.7 Å². The Kier molecular flexibility index (Phi) is 5.70. The zero-order chi connectivity index (χ0) is 17.6. The zero-order valence-electron chi connectivity index (χ0n) is 15.5. The van der Waals surface area contributed by atoms with Gasteiger partial charge in [-0.1, -0.05) is 37.1 Å². The Morgan fingerprint density at radius 3 is 2.42 bits per heavy atom. The molecular formula is C22H29N3O. The number of nitrogens with zero attached hydrogens (tertiary/aromatic N) is 3. The molecule has 1 aromatic carbocycles. The van der Waals surface area contributed by atoms with Gasteiger partial charge in [-0.3, -0.25) is 4.84 Å². The van der Waals surface area contributed by atoms with Crippen molar-refractivity contribution >= 4 is 11.5 Å². The zero-order valence-corrected chi connectivity index (χ0v) is 15.5. The van der Waals surface area contributed by atoms with Crippen LogP contribution in [0.2, 0.25) is 0 Å². The summed E-state index contributed by atoms with van der Waals surface area (Å²) in [5, 5.41) is 2.03. The molecule has 4 rings (SSSR count). The van der Waals surface area contributed by atoms with Gasteiger partial charge in [-0.15, -0.1) is 0 Å². The van der Waals surface area contributed by atoms with Gasteiger partial charge in [0.05, 0.1) is 18.8 Å². The first-order valence-electron chi connectivity index (χ1n) is 10.0. The van der Waals surface area contributed by atoms with Gasteiger partial charge in [0.2, 0.25) is 0 Å². The molecule has 2 heterocycles. The number of anilines is 2. The van der Waals surface area contributed by atoms with Crippen molar-refractivity contribution in [1.29, 1.82) is 0 Å². The van der Waals surface area contributed by atoms with Crippen LogP contribution in [0.25, 0.3) is 0 Å². The number of aromatic nitrogens is 1. The molecule has 4 heteroatoms. The number of para-hydroxylation sites is 1. The molecule has 2 fully saturated rings. The van der Waals surface area contributed by atoms with E-state index >= 15 is 0 Å². The minimum absolute atomic E-state index is 0.705. The van der Waals surface area contributed by atoms with E-state index in [1.54, 1.807) is 0 Å². The molecule has 1 aliphatic carbocycles. The molecule has 1 saturated carbocycles. The van der Waals surface area contributed by atoms with Gasteiger partial charge in [0.1, 0.15) is 5.82 Å². The van der Waals surface area contributed by atoms with Crippen molar-refractivity contribution in [2.24, 2.45) is 5.92 Å². The van der Waals surface area contributed by atoms with Crippen LogP contribution in [0.4, 0.5) is 11.5 Å². The van der Waals surface area contributed by atoms with E-state index < -0.39 is 0 Å². The highest BCUT2D eigenvalue weighted by atomic mass is 16.7. The largest absolute Gasteiger partial charge is 0.357 e. The standard InChI is InChI=1S/C22H29N3O/c1-2-10-21(11-3-1)25(26-18-19-8-4-5-9-19)17-20-12-13-22(23-16-20)24-14-6-7-15-24/h1-3,10-13,16,19H,4-9,14-15,17-18H2. The summed E-state index contributed by atoms with van der Waals surface area (Å²) in [6, 6.07) is 14.7. The number of rotatable bonds is 7. The summed E-state index contributed by atoms with van der Waals surface area (Å²) >= 11 is 0. The first kappa shape index (κ1) is 17.3. The van der Waals surface area contributed by atoms with E-state index in [0.29, 0.717) is 5.92 Å². The molecule has 4 nitrogen and oxygen atoms in total. The Bertz CT molecular complexity index is 662. The molecule has 2 aromatic rings. The Morgan fingerprint density at radius 2 is 1.73 bits per heavy atom. The van der Waals surface area contributed by atoms with Gasteiger partial charge in [0, 0.05) is 19.3 Å². The van der Waals surface area contributed by atoms with Crippen LogP contribution >= 0.6 is 0 Å². The molecule has 0 bridgehead atoms. The number of hydroxylamine groups is 1. The summed E-state index contributed by atoms with van der Waals surface area (Å²) in [7, 11) is 0. The molecule has 0 radical (unpaired) electrons. The molecule has 1 aliphatic heterocycles. The lowest BCUT2D eigenvalue weighted by Crippen LogP contribution is -2.26. The van der Waals surface area contributed by atoms with Gasteiger partial charge in [-0.05, 0) is 55.4 Å². The first-order valence-corrected chi connectivity index (χ1v) is 10.0. The fourth-order valence-electron chi connectivity index (χ4n) is 3.99. The third-order valence-corrected chi connectivity index (χ3v) is 5.55. The summed E-state index contributed by atoms with van der Waals surface area (Å²) in [5.74, 6) is 1.81. The van der Waals surface area contributed by atoms with Crippen molar-refractivity contribution < 1.29 is 4.84 Å². The average Bonchev–Trinajstić information content (AvgIpc) is 3.40. The van der Waals surface area contributed by atoms with E-state index in [1.165, 1.54) is 44.1 Å². The van der Waals surface area contributed by atoms with Gasteiger partial charge < -0.3 is 4.90 Å². The van der Waals surface area contributed by atoms with E-state index in [1.807, 2.05) is 17.3 Å². The third-order valence-electron chi connectivity index (χ3n) is 5.55. The highest BCUT2D eigenvalue weighted by molar-refractivity contribution is 5.45. The SMILES string of the molecule is c1ccc(N(Cc2ccc(N3CCCC3)nc2)OCC2CCCC2)cc1. The maximum atomic E-state index is 6.24. The highest BCUT2D eigenvalue weighted by Crippen LogP contribution is 2.26. The molecule has 2 aliphatic rings. The van der Waals surface area contributed by atoms with Crippen LogP contribution in [-0.2, 0) is 11.4 Å². The topological polar surface area (TPSA) is 28.6 Å². The van der Waals surface area contributed by atoms with Crippen molar-refractivity contribution in [2.45, 2.75) is 45.1 Å². The number of benzene rings is 1. The maximum Gasteiger partial charge on any atom is 0.128 e. The van der Waals surface area contributed by atoms with Gasteiger partial charge in [0.25, 0.3) is 0 Å². The van der Waals surface area contributed by atoms with E-state index in [9.17, 15) is 0 Å². The van der Waals surface area contributed by atoms with Crippen LogP contribution in [0.1, 0.15) is 44.1 Å². The highest BCUT2D eigenvalue weighted by Gasteiger charge is 2.18. The van der Waals surface area contributed by atoms with Crippen molar-refractivity contribution in [1.82, 2.24) is 4.98 Å². The Hall–Kier alpha value is -2.07. The predicted octanol–water partition coefficient (Wildman–Crippen LogP) is 4.81. The van der Waals surface area contributed by atoms with E-state index in [2.05, 4.69) is 46.3 Å². The summed E-state index contributed by atoms with van der Waals surface area (Å²) in [5.41, 5.74) is 2.29. The quantitative estimate of drug-likeness (QED) is 0.669. The van der Waals surface area contributed by atoms with E-state index in [4.69, 9.17) is 4.84 Å². The van der Waals surface area contributed by atoms with Crippen molar-refractivity contribution in [2.75, 3.05) is 29.7 Å². The second kappa shape index (κ2) is 8.54. The molecule has 0 N–H and O–H groups in total. The second-order valence-electron chi connectivity index (χ2n) is 7.54. The molecule has 0 spiro atoms. The smallest absolute Gasteiger partial charge is 0.128 e. The van der Waals surface area contributed by atoms with Crippen LogP contribution in [0, 0.1) is 5.92 Å². The molecule has 1 saturated heterocycles. The molecule has 26 heavy (non-hydrogen) atoms. The minimum atomic E-state index is 0.705. The van der Waals surface area contributed by atoms with Gasteiger partial charge >= 0.3 is 0 Å². The molecule has 138 valence electrons. The lowest BCUT2D eigenvalue weighted by molar-refractivity contribution is 0.0752. The number of hydrogen-bond donors (Lipinski definition) is 0. The number of hydrogen-bond acceptors (Lipinski definition) is 4. The molecule has 0 amide bonds.